The van der Waals surface area contributed by atoms with Crippen LogP contribution in [0.5, 0.6) is 0 Å². The van der Waals surface area contributed by atoms with Gasteiger partial charge in [0.25, 0.3) is 0 Å². The Hall–Kier alpha value is -0.120. The standard InChI is InChI=1S/C6H14O3/c1-2-3-6(8)9-5-4-7/h6-8H,2-5H2,1H3. The Bertz CT molecular complexity index is 56.3. The van der Waals surface area contributed by atoms with Gasteiger partial charge in [-0.15, -0.1) is 0 Å². The lowest BCUT2D eigenvalue weighted by Crippen LogP contribution is -2.13. The first-order chi connectivity index (χ1) is 4.31. The second-order valence-electron chi connectivity index (χ2n) is 1.84. The summed E-state index contributed by atoms with van der Waals surface area (Å²) in [5, 5.41) is 17.1. The zero-order valence-corrected chi connectivity index (χ0v) is 5.71. The summed E-state index contributed by atoms with van der Waals surface area (Å²) < 4.78 is 4.74. The molecule has 0 saturated heterocycles. The summed E-state index contributed by atoms with van der Waals surface area (Å²) in [5.41, 5.74) is 0. The van der Waals surface area contributed by atoms with Crippen LogP contribution < -0.4 is 0 Å². The second kappa shape index (κ2) is 6.01. The summed E-state index contributed by atoms with van der Waals surface area (Å²) in [6, 6.07) is 0. The first-order valence-corrected chi connectivity index (χ1v) is 3.21. The average Bonchev–Trinajstić information content (AvgIpc) is 1.85. The van der Waals surface area contributed by atoms with Gasteiger partial charge >= 0.3 is 0 Å². The van der Waals surface area contributed by atoms with Crippen LogP contribution in [0.25, 0.3) is 0 Å². The molecule has 0 radical (unpaired) electrons. The van der Waals surface area contributed by atoms with E-state index >= 15 is 0 Å². The highest BCUT2D eigenvalue weighted by Crippen LogP contribution is 1.96. The van der Waals surface area contributed by atoms with Crippen LogP contribution in [0.4, 0.5) is 0 Å². The van der Waals surface area contributed by atoms with Crippen molar-refractivity contribution in [1.29, 1.82) is 0 Å². The van der Waals surface area contributed by atoms with Crippen molar-refractivity contribution >= 4 is 0 Å². The average molecular weight is 134 g/mol. The highest BCUT2D eigenvalue weighted by molar-refractivity contribution is 4.38. The van der Waals surface area contributed by atoms with Crippen molar-refractivity contribution < 1.29 is 14.9 Å². The van der Waals surface area contributed by atoms with Crippen LogP contribution in [0.1, 0.15) is 19.8 Å². The van der Waals surface area contributed by atoms with Gasteiger partial charge in [0.1, 0.15) is 0 Å². The highest BCUT2D eigenvalue weighted by atomic mass is 16.6. The van der Waals surface area contributed by atoms with E-state index in [1.165, 1.54) is 0 Å². The summed E-state index contributed by atoms with van der Waals surface area (Å²) in [5.74, 6) is 0. The van der Waals surface area contributed by atoms with E-state index in [0.717, 1.165) is 6.42 Å². The lowest BCUT2D eigenvalue weighted by Gasteiger charge is -2.08. The molecule has 0 aromatic rings. The minimum atomic E-state index is -0.692. The number of aliphatic hydroxyl groups is 2. The smallest absolute Gasteiger partial charge is 0.154 e. The topological polar surface area (TPSA) is 49.7 Å². The largest absolute Gasteiger partial charge is 0.394 e. The zero-order chi connectivity index (χ0) is 7.11. The van der Waals surface area contributed by atoms with Gasteiger partial charge in [-0.2, -0.15) is 0 Å². The van der Waals surface area contributed by atoms with Crippen molar-refractivity contribution in [2.75, 3.05) is 13.2 Å². The molecular weight excluding hydrogens is 120 g/mol. The Morgan fingerprint density at radius 3 is 2.67 bits per heavy atom. The van der Waals surface area contributed by atoms with Crippen molar-refractivity contribution in [3.8, 4) is 0 Å². The van der Waals surface area contributed by atoms with E-state index in [-0.39, 0.29) is 13.2 Å². The van der Waals surface area contributed by atoms with E-state index in [1.807, 2.05) is 6.92 Å². The minimum Gasteiger partial charge on any atom is -0.394 e. The third-order valence-corrected chi connectivity index (χ3v) is 0.937. The predicted molar refractivity (Wildman–Crippen MR) is 34.0 cm³/mol. The normalized spacial score (nSPS) is 13.7. The van der Waals surface area contributed by atoms with Crippen LogP contribution >= 0.6 is 0 Å². The molecule has 3 heteroatoms. The Morgan fingerprint density at radius 1 is 1.56 bits per heavy atom. The van der Waals surface area contributed by atoms with Gasteiger partial charge in [0.15, 0.2) is 6.29 Å². The summed E-state index contributed by atoms with van der Waals surface area (Å²) >= 11 is 0. The van der Waals surface area contributed by atoms with Crippen LogP contribution in [0.15, 0.2) is 0 Å². The molecular formula is C6H14O3. The molecule has 0 amide bonds. The molecule has 0 aromatic heterocycles. The molecule has 9 heavy (non-hydrogen) atoms. The van der Waals surface area contributed by atoms with Crippen LogP contribution in [0, 0.1) is 0 Å². The van der Waals surface area contributed by atoms with Crippen LogP contribution in [0.2, 0.25) is 0 Å². The van der Waals surface area contributed by atoms with E-state index in [9.17, 15) is 0 Å². The van der Waals surface area contributed by atoms with Crippen molar-refractivity contribution in [2.24, 2.45) is 0 Å². The molecule has 2 N–H and O–H groups in total. The molecule has 0 aliphatic carbocycles. The first-order valence-electron chi connectivity index (χ1n) is 3.21. The molecule has 0 fully saturated rings. The molecule has 0 spiro atoms. The molecule has 0 rings (SSSR count). The van der Waals surface area contributed by atoms with E-state index in [4.69, 9.17) is 14.9 Å². The Labute approximate surface area is 55.3 Å². The van der Waals surface area contributed by atoms with Gasteiger partial charge in [-0.05, 0) is 6.42 Å². The Morgan fingerprint density at radius 2 is 2.22 bits per heavy atom. The minimum absolute atomic E-state index is 0.0270. The quantitative estimate of drug-likeness (QED) is 0.525. The number of rotatable bonds is 5. The second-order valence-corrected chi connectivity index (χ2v) is 1.84. The lowest BCUT2D eigenvalue weighted by atomic mass is 10.3. The molecule has 0 aliphatic heterocycles. The summed E-state index contributed by atoms with van der Waals surface area (Å²) in [4.78, 5) is 0. The van der Waals surface area contributed by atoms with Gasteiger partial charge in [0, 0.05) is 0 Å². The van der Waals surface area contributed by atoms with Crippen molar-refractivity contribution in [3.63, 3.8) is 0 Å². The molecule has 0 aromatic carbocycles. The maximum absolute atomic E-state index is 8.85. The third kappa shape index (κ3) is 5.76. The Balaban J connectivity index is 2.95. The molecule has 3 nitrogen and oxygen atoms in total. The fourth-order valence-electron chi connectivity index (χ4n) is 0.519. The molecule has 0 heterocycles. The lowest BCUT2D eigenvalue weighted by molar-refractivity contribution is -0.110. The van der Waals surface area contributed by atoms with Gasteiger partial charge in [-0.25, -0.2) is 0 Å². The van der Waals surface area contributed by atoms with Crippen LogP contribution in [-0.2, 0) is 4.74 Å². The SMILES string of the molecule is CCCC(O)OCCO. The maximum atomic E-state index is 8.85. The zero-order valence-electron chi connectivity index (χ0n) is 5.71. The van der Waals surface area contributed by atoms with Crippen molar-refractivity contribution in [3.05, 3.63) is 0 Å². The number of hydrogen-bond acceptors (Lipinski definition) is 3. The fraction of sp³-hybridized carbons (Fsp3) is 1.00. The number of ether oxygens (including phenoxy) is 1. The monoisotopic (exact) mass is 134 g/mol. The maximum Gasteiger partial charge on any atom is 0.154 e. The van der Waals surface area contributed by atoms with Crippen molar-refractivity contribution in [2.45, 2.75) is 26.1 Å². The first kappa shape index (κ1) is 8.88. The summed E-state index contributed by atoms with van der Waals surface area (Å²) in [6.45, 7) is 2.16. The summed E-state index contributed by atoms with van der Waals surface area (Å²) in [6.07, 6.45) is 0.842. The van der Waals surface area contributed by atoms with Crippen LogP contribution in [-0.4, -0.2) is 29.7 Å². The van der Waals surface area contributed by atoms with E-state index < -0.39 is 6.29 Å². The predicted octanol–water partition coefficient (Wildman–Crippen LogP) is 0.114. The van der Waals surface area contributed by atoms with E-state index in [2.05, 4.69) is 0 Å². The number of hydrogen-bond donors (Lipinski definition) is 2. The van der Waals surface area contributed by atoms with Gasteiger partial charge in [-0.1, -0.05) is 13.3 Å². The molecule has 0 aliphatic rings. The van der Waals surface area contributed by atoms with Gasteiger partial charge < -0.3 is 14.9 Å². The Kier molecular flexibility index (Phi) is 5.93. The molecule has 0 bridgehead atoms. The van der Waals surface area contributed by atoms with E-state index in [1.54, 1.807) is 0 Å². The summed E-state index contributed by atoms with van der Waals surface area (Å²) in [7, 11) is 0. The van der Waals surface area contributed by atoms with Gasteiger partial charge in [-0.3, -0.25) is 0 Å². The van der Waals surface area contributed by atoms with E-state index in [0.29, 0.717) is 6.42 Å². The fourth-order valence-corrected chi connectivity index (χ4v) is 0.519. The van der Waals surface area contributed by atoms with Gasteiger partial charge in [0.05, 0.1) is 13.2 Å². The third-order valence-electron chi connectivity index (χ3n) is 0.937. The molecule has 1 unspecified atom stereocenters. The molecule has 0 saturated carbocycles. The molecule has 1 atom stereocenters. The van der Waals surface area contributed by atoms with Gasteiger partial charge in [0.2, 0.25) is 0 Å². The molecule has 56 valence electrons. The number of aliphatic hydroxyl groups excluding tert-OH is 2. The van der Waals surface area contributed by atoms with Crippen molar-refractivity contribution in [1.82, 2.24) is 0 Å². The van der Waals surface area contributed by atoms with Crippen LogP contribution in [0.3, 0.4) is 0 Å². The highest BCUT2D eigenvalue weighted by Gasteiger charge is 1.99.